The minimum absolute atomic E-state index is 0.243. The number of anilines is 1. The van der Waals surface area contributed by atoms with Crippen molar-refractivity contribution in [1.29, 1.82) is 0 Å². The van der Waals surface area contributed by atoms with E-state index < -0.39 is 21.7 Å². The van der Waals surface area contributed by atoms with Crippen LogP contribution in [0.25, 0.3) is 0 Å². The number of para-hydroxylation sites is 1. The Kier molecular flexibility index (Phi) is 5.57. The summed E-state index contributed by atoms with van der Waals surface area (Å²) in [6.45, 7) is 3.82. The average Bonchev–Trinajstić information content (AvgIpc) is 2.39. The molecule has 1 rings (SSSR count). The number of benzene rings is 1. The molecule has 0 saturated heterocycles. The van der Waals surface area contributed by atoms with Crippen molar-refractivity contribution in [3.8, 4) is 0 Å². The lowest BCUT2D eigenvalue weighted by Gasteiger charge is -2.23. The molecule has 0 aromatic heterocycles. The summed E-state index contributed by atoms with van der Waals surface area (Å²) in [5.74, 6) is -1.45. The quantitative estimate of drug-likeness (QED) is 0.563. The first-order valence-corrected chi connectivity index (χ1v) is 7.35. The Morgan fingerprint density at radius 1 is 1.37 bits per heavy atom. The predicted octanol–water partition coefficient (Wildman–Crippen LogP) is 1.57. The zero-order valence-electron chi connectivity index (χ0n) is 10.8. The zero-order chi connectivity index (χ0) is 14.3. The second kappa shape index (κ2) is 6.94. The van der Waals surface area contributed by atoms with E-state index in [0.717, 1.165) is 7.11 Å². The Labute approximate surface area is 113 Å². The molecule has 0 aliphatic heterocycles. The van der Waals surface area contributed by atoms with E-state index in [1.165, 1.54) is 4.31 Å². The highest BCUT2D eigenvalue weighted by Crippen LogP contribution is 2.18. The number of carbonyl (C=O) groups is 1. The molecule has 1 aromatic carbocycles. The first kappa shape index (κ1) is 15.2. The normalized spacial score (nSPS) is 10.8. The number of methoxy groups -OCH3 is 1. The third-order valence-corrected chi connectivity index (χ3v) is 4.11. The highest BCUT2D eigenvalue weighted by molar-refractivity contribution is 7.93. The molecule has 0 unspecified atom stereocenters. The van der Waals surface area contributed by atoms with Gasteiger partial charge < -0.3 is 4.74 Å². The number of ether oxygens (including phenoxy) is 1. The van der Waals surface area contributed by atoms with Gasteiger partial charge in [0.15, 0.2) is 5.75 Å². The smallest absolute Gasteiger partial charge is 0.322 e. The van der Waals surface area contributed by atoms with E-state index in [0.29, 0.717) is 12.1 Å². The van der Waals surface area contributed by atoms with Crippen LogP contribution in [-0.2, 0) is 19.6 Å². The molecule has 6 heteroatoms. The number of hydrogen-bond donors (Lipinski definition) is 0. The second-order valence-electron chi connectivity index (χ2n) is 3.82. The SMILES string of the molecule is C=CCCN(c1ccccc1)S(=O)(=O)CC(=O)OC. The van der Waals surface area contributed by atoms with Crippen LogP contribution >= 0.6 is 0 Å². The minimum Gasteiger partial charge on any atom is -0.468 e. The average molecular weight is 283 g/mol. The number of sulfonamides is 1. The van der Waals surface area contributed by atoms with Crippen molar-refractivity contribution in [2.45, 2.75) is 6.42 Å². The fourth-order valence-corrected chi connectivity index (χ4v) is 2.92. The summed E-state index contributed by atoms with van der Waals surface area (Å²) in [6.07, 6.45) is 2.12. The Morgan fingerprint density at radius 2 is 2.00 bits per heavy atom. The standard InChI is InChI=1S/C13H17NO4S/c1-3-4-10-14(12-8-6-5-7-9-12)19(16,17)11-13(15)18-2/h3,5-9H,1,4,10-11H2,2H3. The van der Waals surface area contributed by atoms with E-state index in [-0.39, 0.29) is 6.54 Å². The van der Waals surface area contributed by atoms with Gasteiger partial charge in [-0.05, 0) is 18.6 Å². The van der Waals surface area contributed by atoms with Gasteiger partial charge in [0.05, 0.1) is 12.8 Å². The summed E-state index contributed by atoms with van der Waals surface area (Å²) in [6, 6.07) is 8.63. The van der Waals surface area contributed by atoms with E-state index in [2.05, 4.69) is 11.3 Å². The van der Waals surface area contributed by atoms with Gasteiger partial charge in [0.1, 0.15) is 0 Å². The molecule has 0 fully saturated rings. The predicted molar refractivity (Wildman–Crippen MR) is 74.4 cm³/mol. The first-order valence-electron chi connectivity index (χ1n) is 5.74. The largest absolute Gasteiger partial charge is 0.468 e. The van der Waals surface area contributed by atoms with E-state index in [1.807, 2.05) is 0 Å². The highest BCUT2D eigenvalue weighted by Gasteiger charge is 2.25. The van der Waals surface area contributed by atoms with Gasteiger partial charge in [-0.1, -0.05) is 24.3 Å². The van der Waals surface area contributed by atoms with E-state index in [1.54, 1.807) is 36.4 Å². The van der Waals surface area contributed by atoms with Gasteiger partial charge in [-0.2, -0.15) is 0 Å². The van der Waals surface area contributed by atoms with Gasteiger partial charge in [-0.15, -0.1) is 6.58 Å². The molecule has 104 valence electrons. The molecule has 5 nitrogen and oxygen atoms in total. The van der Waals surface area contributed by atoms with Crippen molar-refractivity contribution in [3.05, 3.63) is 43.0 Å². The first-order chi connectivity index (χ1) is 9.01. The Balaban J connectivity index is 3.03. The monoisotopic (exact) mass is 283 g/mol. The molecular weight excluding hydrogens is 266 g/mol. The Hall–Kier alpha value is -1.82. The fourth-order valence-electron chi connectivity index (χ4n) is 1.52. The van der Waals surface area contributed by atoms with Gasteiger partial charge in [-0.25, -0.2) is 8.42 Å². The van der Waals surface area contributed by atoms with Crippen molar-refractivity contribution < 1.29 is 17.9 Å². The maximum atomic E-state index is 12.2. The number of esters is 1. The van der Waals surface area contributed by atoms with Gasteiger partial charge >= 0.3 is 5.97 Å². The third-order valence-electron chi connectivity index (χ3n) is 2.44. The molecule has 0 bridgehead atoms. The lowest BCUT2D eigenvalue weighted by molar-refractivity contribution is -0.137. The summed E-state index contributed by atoms with van der Waals surface area (Å²) >= 11 is 0. The fraction of sp³-hybridized carbons (Fsp3) is 0.308. The lowest BCUT2D eigenvalue weighted by atomic mass is 10.3. The molecule has 0 N–H and O–H groups in total. The molecular formula is C13H17NO4S. The van der Waals surface area contributed by atoms with Gasteiger partial charge in [0.25, 0.3) is 0 Å². The van der Waals surface area contributed by atoms with Crippen LogP contribution in [0.3, 0.4) is 0 Å². The van der Waals surface area contributed by atoms with Gasteiger partial charge in [0, 0.05) is 6.54 Å². The maximum Gasteiger partial charge on any atom is 0.322 e. The summed E-state index contributed by atoms with van der Waals surface area (Å²) in [5, 5.41) is 0. The molecule has 19 heavy (non-hydrogen) atoms. The molecule has 0 radical (unpaired) electrons. The number of rotatable bonds is 7. The molecule has 0 atom stereocenters. The van der Waals surface area contributed by atoms with Crippen molar-refractivity contribution in [1.82, 2.24) is 0 Å². The molecule has 0 aliphatic rings. The third kappa shape index (κ3) is 4.40. The summed E-state index contributed by atoms with van der Waals surface area (Å²) < 4.78 is 30.0. The van der Waals surface area contributed by atoms with Crippen molar-refractivity contribution in [3.63, 3.8) is 0 Å². The number of carbonyl (C=O) groups excluding carboxylic acids is 1. The molecule has 0 saturated carbocycles. The van der Waals surface area contributed by atoms with Crippen LogP contribution in [0, 0.1) is 0 Å². The Morgan fingerprint density at radius 3 is 2.53 bits per heavy atom. The van der Waals surface area contributed by atoms with Crippen molar-refractivity contribution >= 4 is 21.7 Å². The van der Waals surface area contributed by atoms with Crippen LogP contribution in [0.4, 0.5) is 5.69 Å². The van der Waals surface area contributed by atoms with Crippen LogP contribution in [0.2, 0.25) is 0 Å². The zero-order valence-corrected chi connectivity index (χ0v) is 11.6. The van der Waals surface area contributed by atoms with Gasteiger partial charge in [-0.3, -0.25) is 9.10 Å². The van der Waals surface area contributed by atoms with E-state index >= 15 is 0 Å². The summed E-state index contributed by atoms with van der Waals surface area (Å²) in [7, 11) is -2.59. The van der Waals surface area contributed by atoms with Crippen molar-refractivity contribution in [2.75, 3.05) is 23.7 Å². The van der Waals surface area contributed by atoms with Crippen molar-refractivity contribution in [2.24, 2.45) is 0 Å². The molecule has 0 aliphatic carbocycles. The summed E-state index contributed by atoms with van der Waals surface area (Å²) in [4.78, 5) is 11.2. The Bertz CT molecular complexity index is 525. The molecule has 0 amide bonds. The van der Waals surface area contributed by atoms with E-state index in [4.69, 9.17) is 0 Å². The van der Waals surface area contributed by atoms with Crippen LogP contribution in [-0.4, -0.2) is 33.8 Å². The molecule has 0 spiro atoms. The number of nitrogens with zero attached hydrogens (tertiary/aromatic N) is 1. The lowest BCUT2D eigenvalue weighted by Crippen LogP contribution is -2.36. The summed E-state index contributed by atoms with van der Waals surface area (Å²) in [5.41, 5.74) is 0.522. The topological polar surface area (TPSA) is 63.7 Å². The number of hydrogen-bond acceptors (Lipinski definition) is 4. The highest BCUT2D eigenvalue weighted by atomic mass is 32.2. The van der Waals surface area contributed by atoms with Crippen LogP contribution < -0.4 is 4.31 Å². The van der Waals surface area contributed by atoms with E-state index in [9.17, 15) is 13.2 Å². The maximum absolute atomic E-state index is 12.2. The molecule has 1 aromatic rings. The second-order valence-corrected chi connectivity index (χ2v) is 5.71. The molecule has 0 heterocycles. The van der Waals surface area contributed by atoms with Crippen LogP contribution in [0.5, 0.6) is 0 Å². The van der Waals surface area contributed by atoms with Crippen LogP contribution in [0.15, 0.2) is 43.0 Å². The minimum atomic E-state index is -3.75. The van der Waals surface area contributed by atoms with Crippen LogP contribution in [0.1, 0.15) is 6.42 Å². The van der Waals surface area contributed by atoms with Gasteiger partial charge in [0.2, 0.25) is 10.0 Å².